The van der Waals surface area contributed by atoms with E-state index in [2.05, 4.69) is 31.4 Å². The summed E-state index contributed by atoms with van der Waals surface area (Å²) in [6, 6.07) is 14.3. The van der Waals surface area contributed by atoms with Gasteiger partial charge in [0.05, 0.1) is 22.9 Å². The molecule has 9 heteroatoms. The Balaban J connectivity index is 1.63. The lowest BCUT2D eigenvalue weighted by Gasteiger charge is -2.09. The molecule has 0 radical (unpaired) electrons. The highest BCUT2D eigenvalue weighted by molar-refractivity contribution is 9.10. The maximum absolute atomic E-state index is 12.4. The van der Waals surface area contributed by atoms with Crippen LogP contribution in [0.25, 0.3) is 0 Å². The van der Waals surface area contributed by atoms with E-state index in [1.807, 2.05) is 23.6 Å². The van der Waals surface area contributed by atoms with Crippen LogP contribution in [0.3, 0.4) is 0 Å². The Labute approximate surface area is 186 Å². The summed E-state index contributed by atoms with van der Waals surface area (Å²) >= 11 is 10.7. The molecule has 3 aromatic rings. The Morgan fingerprint density at radius 1 is 1.14 bits per heavy atom. The minimum atomic E-state index is -0.234. The predicted molar refractivity (Wildman–Crippen MR) is 119 cm³/mol. The normalized spacial score (nSPS) is 10.7. The number of benzene rings is 2. The summed E-state index contributed by atoms with van der Waals surface area (Å²) in [6.07, 6.45) is 0.0628. The van der Waals surface area contributed by atoms with Gasteiger partial charge in [-0.05, 0) is 31.2 Å². The number of carbonyl (C=O) groups excluding carboxylic acids is 2. The zero-order valence-electron chi connectivity index (χ0n) is 15.6. The number of nitrogens with zero attached hydrogens (tertiary/aromatic N) is 3. The lowest BCUT2D eigenvalue weighted by molar-refractivity contribution is -0.115. The van der Waals surface area contributed by atoms with Crippen molar-refractivity contribution in [3.63, 3.8) is 0 Å². The average Bonchev–Trinajstić information content (AvgIpc) is 3.09. The quantitative estimate of drug-likeness (QED) is 0.358. The molecule has 0 fully saturated rings. The van der Waals surface area contributed by atoms with Crippen LogP contribution < -0.4 is 5.32 Å². The number of nitrogens with one attached hydrogen (secondary N) is 1. The molecule has 0 aliphatic heterocycles. The molecule has 0 saturated heterocycles. The third-order valence-corrected chi connectivity index (χ3v) is 5.90. The number of hydrogen-bond acceptors (Lipinski definition) is 5. The lowest BCUT2D eigenvalue weighted by Crippen LogP contribution is -2.18. The highest BCUT2D eigenvalue weighted by Gasteiger charge is 2.17. The van der Waals surface area contributed by atoms with Gasteiger partial charge in [-0.15, -0.1) is 10.2 Å². The molecule has 1 amide bonds. The van der Waals surface area contributed by atoms with Crippen LogP contribution >= 0.6 is 39.3 Å². The highest BCUT2D eigenvalue weighted by Crippen LogP contribution is 2.22. The molecule has 0 atom stereocenters. The molecule has 3 rings (SSSR count). The molecule has 2 aromatic carbocycles. The zero-order valence-corrected chi connectivity index (χ0v) is 18.7. The largest absolute Gasteiger partial charge is 0.324 e. The van der Waals surface area contributed by atoms with Crippen molar-refractivity contribution in [2.45, 2.75) is 25.0 Å². The zero-order chi connectivity index (χ0) is 20.8. The Morgan fingerprint density at radius 2 is 1.86 bits per heavy atom. The van der Waals surface area contributed by atoms with E-state index in [-0.39, 0.29) is 23.9 Å². The molecule has 0 bridgehead atoms. The first-order chi connectivity index (χ1) is 14.0. The topological polar surface area (TPSA) is 76.9 Å². The molecule has 0 saturated carbocycles. The number of amides is 1. The molecule has 1 aromatic heterocycles. The Bertz CT molecular complexity index is 1020. The van der Waals surface area contributed by atoms with Crippen molar-refractivity contribution in [3.8, 4) is 0 Å². The number of anilines is 1. The van der Waals surface area contributed by atoms with Crippen molar-refractivity contribution >= 4 is 56.7 Å². The number of Topliss-reactive ketones (excluding diaryl/α,β-unsaturated/α-hetero) is 1. The Kier molecular flexibility index (Phi) is 7.46. The molecule has 1 N–H and O–H groups in total. The molecule has 0 unspecified atom stereocenters. The SMILES string of the molecule is CCn1c(CC(=O)Nc2ccccc2Cl)nnc1SCC(=O)c1ccc(Br)cc1. The number of carbonyl (C=O) groups is 2. The monoisotopic (exact) mass is 492 g/mol. The molecule has 6 nitrogen and oxygen atoms in total. The first kappa shape index (κ1) is 21.5. The number of halogens is 2. The number of thioether (sulfide) groups is 1. The van der Waals surface area contributed by atoms with E-state index in [1.165, 1.54) is 11.8 Å². The number of hydrogen-bond donors (Lipinski definition) is 1. The van der Waals surface area contributed by atoms with E-state index >= 15 is 0 Å². The number of rotatable bonds is 8. The molecular weight excluding hydrogens is 476 g/mol. The minimum absolute atomic E-state index is 0.00571. The van der Waals surface area contributed by atoms with Crippen molar-refractivity contribution < 1.29 is 9.59 Å². The van der Waals surface area contributed by atoms with Crippen LogP contribution in [0.15, 0.2) is 58.2 Å². The van der Waals surface area contributed by atoms with Crippen molar-refractivity contribution in [1.29, 1.82) is 0 Å². The standard InChI is InChI=1S/C20H18BrClN4O2S/c1-2-26-18(11-19(28)23-16-6-4-3-5-15(16)22)24-25-20(26)29-12-17(27)13-7-9-14(21)10-8-13/h3-10H,2,11-12H2,1H3,(H,23,28). The lowest BCUT2D eigenvalue weighted by atomic mass is 10.2. The fourth-order valence-electron chi connectivity index (χ4n) is 2.62. The summed E-state index contributed by atoms with van der Waals surface area (Å²) < 4.78 is 2.76. The fourth-order valence-corrected chi connectivity index (χ4v) is 3.99. The van der Waals surface area contributed by atoms with E-state index in [0.717, 1.165) is 4.47 Å². The van der Waals surface area contributed by atoms with E-state index < -0.39 is 0 Å². The van der Waals surface area contributed by atoms with Crippen LogP contribution in [0.5, 0.6) is 0 Å². The number of ketones is 1. The summed E-state index contributed by atoms with van der Waals surface area (Å²) in [7, 11) is 0. The van der Waals surface area contributed by atoms with Crippen LogP contribution in [0.4, 0.5) is 5.69 Å². The predicted octanol–water partition coefficient (Wildman–Crippen LogP) is 4.87. The van der Waals surface area contributed by atoms with Crippen molar-refractivity contribution in [1.82, 2.24) is 14.8 Å². The van der Waals surface area contributed by atoms with Gasteiger partial charge in [0.1, 0.15) is 5.82 Å². The van der Waals surface area contributed by atoms with E-state index in [0.29, 0.717) is 33.8 Å². The van der Waals surface area contributed by atoms with Crippen LogP contribution in [-0.2, 0) is 17.8 Å². The maximum atomic E-state index is 12.4. The second kappa shape index (κ2) is 10.0. The molecule has 1 heterocycles. The van der Waals surface area contributed by atoms with Gasteiger partial charge < -0.3 is 9.88 Å². The first-order valence-corrected chi connectivity index (χ1v) is 11.0. The third kappa shape index (κ3) is 5.68. The van der Waals surface area contributed by atoms with Gasteiger partial charge in [0.25, 0.3) is 0 Å². The van der Waals surface area contributed by atoms with Crippen molar-refractivity contribution in [2.75, 3.05) is 11.1 Å². The van der Waals surface area contributed by atoms with Crippen molar-refractivity contribution in [3.05, 3.63) is 69.4 Å². The van der Waals surface area contributed by atoms with E-state index in [9.17, 15) is 9.59 Å². The summed E-state index contributed by atoms with van der Waals surface area (Å²) in [5.74, 6) is 0.551. The smallest absolute Gasteiger partial charge is 0.232 e. The Morgan fingerprint density at radius 3 is 2.55 bits per heavy atom. The summed E-state index contributed by atoms with van der Waals surface area (Å²) in [5, 5.41) is 12.1. The minimum Gasteiger partial charge on any atom is -0.324 e. The van der Waals surface area contributed by atoms with Gasteiger partial charge >= 0.3 is 0 Å². The van der Waals surface area contributed by atoms with Crippen LogP contribution in [0.2, 0.25) is 5.02 Å². The van der Waals surface area contributed by atoms with Gasteiger partial charge in [-0.25, -0.2) is 0 Å². The first-order valence-electron chi connectivity index (χ1n) is 8.86. The van der Waals surface area contributed by atoms with Gasteiger partial charge in [-0.2, -0.15) is 0 Å². The second-order valence-electron chi connectivity index (χ2n) is 6.07. The van der Waals surface area contributed by atoms with Gasteiger partial charge in [0.2, 0.25) is 5.91 Å². The van der Waals surface area contributed by atoms with Gasteiger partial charge in [0.15, 0.2) is 10.9 Å². The highest BCUT2D eigenvalue weighted by atomic mass is 79.9. The molecular formula is C20H18BrClN4O2S. The average molecular weight is 494 g/mol. The van der Waals surface area contributed by atoms with Crippen LogP contribution in [-0.4, -0.2) is 32.2 Å². The van der Waals surface area contributed by atoms with Crippen LogP contribution in [0, 0.1) is 0 Å². The molecule has 0 aliphatic carbocycles. The van der Waals surface area contributed by atoms with Gasteiger partial charge in [0, 0.05) is 16.6 Å². The maximum Gasteiger partial charge on any atom is 0.232 e. The molecule has 0 spiro atoms. The van der Waals surface area contributed by atoms with Crippen molar-refractivity contribution in [2.24, 2.45) is 0 Å². The molecule has 0 aliphatic rings. The summed E-state index contributed by atoms with van der Waals surface area (Å²) in [5.41, 5.74) is 1.19. The summed E-state index contributed by atoms with van der Waals surface area (Å²) in [6.45, 7) is 2.54. The van der Waals surface area contributed by atoms with Crippen LogP contribution in [0.1, 0.15) is 23.1 Å². The molecule has 150 valence electrons. The Hall–Kier alpha value is -2.16. The number of para-hydroxylation sites is 1. The van der Waals surface area contributed by atoms with Gasteiger partial charge in [-0.1, -0.05) is 63.6 Å². The second-order valence-corrected chi connectivity index (χ2v) is 8.33. The van der Waals surface area contributed by atoms with Gasteiger partial charge in [-0.3, -0.25) is 9.59 Å². The fraction of sp³-hybridized carbons (Fsp3) is 0.200. The number of aromatic nitrogens is 3. The molecule has 29 heavy (non-hydrogen) atoms. The third-order valence-electron chi connectivity index (χ3n) is 4.07. The van der Waals surface area contributed by atoms with E-state index in [4.69, 9.17) is 11.6 Å². The van der Waals surface area contributed by atoms with E-state index in [1.54, 1.807) is 36.4 Å². The summed E-state index contributed by atoms with van der Waals surface area (Å²) in [4.78, 5) is 24.8.